The minimum Gasteiger partial charge on any atom is -0.480 e. The predicted octanol–water partition coefficient (Wildman–Crippen LogP) is 3.77. The molecule has 3 aromatic carbocycles. The van der Waals surface area contributed by atoms with Crippen LogP contribution in [0.15, 0.2) is 91.0 Å². The molecule has 0 aliphatic rings. The van der Waals surface area contributed by atoms with Gasteiger partial charge >= 0.3 is 12.1 Å². The maximum Gasteiger partial charge on any atom is 0.411 e. The van der Waals surface area contributed by atoms with E-state index in [1.54, 1.807) is 0 Å². The topological polar surface area (TPSA) is 110 Å². The monoisotopic (exact) mass is 446 g/mol. The Labute approximate surface area is 192 Å². The van der Waals surface area contributed by atoms with E-state index in [1.165, 1.54) is 12.0 Å². The summed E-state index contributed by atoms with van der Waals surface area (Å²) in [7, 11) is 1.20. The molecule has 0 fully saturated rings. The molecule has 3 aromatic rings. The average molecular weight is 447 g/mol. The highest BCUT2D eigenvalue weighted by molar-refractivity contribution is 5.83. The molecule has 0 aromatic heterocycles. The van der Waals surface area contributed by atoms with Crippen molar-refractivity contribution in [3.8, 4) is 0 Å². The number of amides is 2. The second kappa shape index (κ2) is 10.5. The lowest BCUT2D eigenvalue weighted by atomic mass is 9.74. The summed E-state index contributed by atoms with van der Waals surface area (Å²) in [4.78, 5) is 38.7. The molecule has 0 saturated heterocycles. The van der Waals surface area contributed by atoms with E-state index in [9.17, 15) is 19.5 Å². The van der Waals surface area contributed by atoms with Crippen LogP contribution in [-0.2, 0) is 19.9 Å². The molecule has 33 heavy (non-hydrogen) atoms. The van der Waals surface area contributed by atoms with Crippen molar-refractivity contribution in [1.82, 2.24) is 4.90 Å². The van der Waals surface area contributed by atoms with Crippen molar-refractivity contribution < 1.29 is 24.2 Å². The Bertz CT molecular complexity index is 991. The lowest BCUT2D eigenvalue weighted by molar-refractivity contribution is -0.144. The maximum absolute atomic E-state index is 13.4. The molecule has 1 atom stereocenters. The zero-order valence-corrected chi connectivity index (χ0v) is 18.3. The van der Waals surface area contributed by atoms with Gasteiger partial charge in [-0.2, -0.15) is 0 Å². The maximum atomic E-state index is 13.4. The van der Waals surface area contributed by atoms with Crippen LogP contribution in [0.5, 0.6) is 0 Å². The van der Waals surface area contributed by atoms with Gasteiger partial charge in [0.25, 0.3) is 0 Å². The van der Waals surface area contributed by atoms with Crippen LogP contribution < -0.4 is 5.73 Å². The van der Waals surface area contributed by atoms with Crippen LogP contribution in [0.3, 0.4) is 0 Å². The number of aliphatic carboxylic acids is 1. The second-order valence-electron chi connectivity index (χ2n) is 7.51. The SMILES string of the molecule is COC(=O)N([C@@H](CCC(N)=O)C(=O)O)C(c1ccccc1)(c1ccccc1)c1ccccc1. The first-order valence-corrected chi connectivity index (χ1v) is 10.5. The van der Waals surface area contributed by atoms with Crippen molar-refractivity contribution in [3.05, 3.63) is 108 Å². The minimum atomic E-state index is -1.40. The number of hydrogen-bond acceptors (Lipinski definition) is 4. The minimum absolute atomic E-state index is 0.173. The summed E-state index contributed by atoms with van der Waals surface area (Å²) >= 11 is 0. The summed E-state index contributed by atoms with van der Waals surface area (Å²) in [6, 6.07) is 26.1. The molecule has 0 radical (unpaired) electrons. The molecule has 2 amide bonds. The van der Waals surface area contributed by atoms with Gasteiger partial charge in [-0.3, -0.25) is 9.69 Å². The van der Waals surface area contributed by atoms with E-state index in [0.29, 0.717) is 16.7 Å². The van der Waals surface area contributed by atoms with Crippen molar-refractivity contribution in [2.75, 3.05) is 7.11 Å². The lowest BCUT2D eigenvalue weighted by Crippen LogP contribution is -2.58. The van der Waals surface area contributed by atoms with E-state index in [1.807, 2.05) is 91.0 Å². The third-order valence-corrected chi connectivity index (χ3v) is 5.57. The summed E-state index contributed by atoms with van der Waals surface area (Å²) in [6.45, 7) is 0. The summed E-state index contributed by atoms with van der Waals surface area (Å²) in [6.07, 6.45) is -1.23. The van der Waals surface area contributed by atoms with Gasteiger partial charge in [0.15, 0.2) is 0 Å². The first kappa shape index (κ1) is 23.5. The summed E-state index contributed by atoms with van der Waals surface area (Å²) < 4.78 is 5.13. The average Bonchev–Trinajstić information content (AvgIpc) is 2.84. The third-order valence-electron chi connectivity index (χ3n) is 5.57. The highest BCUT2D eigenvalue weighted by Gasteiger charge is 2.50. The number of benzene rings is 3. The van der Waals surface area contributed by atoms with Gasteiger partial charge in [-0.25, -0.2) is 9.59 Å². The fraction of sp³-hybridized carbons (Fsp3) is 0.192. The van der Waals surface area contributed by atoms with Gasteiger partial charge < -0.3 is 15.6 Å². The molecular formula is C26H26N2O5. The molecule has 0 unspecified atom stereocenters. The number of hydrogen-bond donors (Lipinski definition) is 2. The van der Waals surface area contributed by atoms with E-state index >= 15 is 0 Å². The fourth-order valence-electron chi connectivity index (χ4n) is 4.19. The van der Waals surface area contributed by atoms with Gasteiger partial charge in [-0.05, 0) is 23.1 Å². The number of ether oxygens (including phenoxy) is 1. The van der Waals surface area contributed by atoms with E-state index in [4.69, 9.17) is 10.5 Å². The van der Waals surface area contributed by atoms with E-state index in [-0.39, 0.29) is 12.8 Å². The van der Waals surface area contributed by atoms with Crippen molar-refractivity contribution in [1.29, 1.82) is 0 Å². The summed E-state index contributed by atoms with van der Waals surface area (Å²) in [5.41, 5.74) is 5.96. The Morgan fingerprint density at radius 2 is 1.24 bits per heavy atom. The highest BCUT2D eigenvalue weighted by Crippen LogP contribution is 2.44. The molecular weight excluding hydrogens is 420 g/mol. The number of carboxylic acids is 1. The molecule has 0 aliphatic heterocycles. The molecule has 0 aliphatic carbocycles. The quantitative estimate of drug-likeness (QED) is 0.486. The van der Waals surface area contributed by atoms with Gasteiger partial charge in [0.2, 0.25) is 5.91 Å². The normalized spacial score (nSPS) is 11.9. The van der Waals surface area contributed by atoms with E-state index < -0.39 is 29.6 Å². The Hall–Kier alpha value is -4.13. The fourth-order valence-corrected chi connectivity index (χ4v) is 4.19. The third kappa shape index (κ3) is 4.72. The number of nitrogens with two attached hydrogens (primary N) is 1. The molecule has 0 heterocycles. The summed E-state index contributed by atoms with van der Waals surface area (Å²) in [5, 5.41) is 10.2. The zero-order valence-electron chi connectivity index (χ0n) is 18.3. The number of carbonyl (C=O) groups is 3. The first-order chi connectivity index (χ1) is 15.9. The number of rotatable bonds is 9. The van der Waals surface area contributed by atoms with Gasteiger partial charge in [-0.15, -0.1) is 0 Å². The van der Waals surface area contributed by atoms with Crippen LogP contribution >= 0.6 is 0 Å². The largest absolute Gasteiger partial charge is 0.480 e. The van der Waals surface area contributed by atoms with E-state index in [0.717, 1.165) is 0 Å². The predicted molar refractivity (Wildman–Crippen MR) is 123 cm³/mol. The summed E-state index contributed by atoms with van der Waals surface area (Å²) in [5.74, 6) is -1.93. The van der Waals surface area contributed by atoms with Gasteiger partial charge in [-0.1, -0.05) is 91.0 Å². The van der Waals surface area contributed by atoms with Crippen LogP contribution in [0.25, 0.3) is 0 Å². The van der Waals surface area contributed by atoms with Crippen LogP contribution in [-0.4, -0.2) is 41.1 Å². The van der Waals surface area contributed by atoms with Crippen molar-refractivity contribution in [2.24, 2.45) is 5.73 Å². The molecule has 3 N–H and O–H groups in total. The number of carbonyl (C=O) groups excluding carboxylic acids is 2. The molecule has 7 nitrogen and oxygen atoms in total. The Balaban J connectivity index is 2.44. The number of carboxylic acid groups (broad SMARTS) is 1. The Morgan fingerprint density at radius 1 is 0.848 bits per heavy atom. The molecule has 7 heteroatoms. The number of nitrogens with zero attached hydrogens (tertiary/aromatic N) is 1. The molecule has 0 saturated carbocycles. The lowest BCUT2D eigenvalue weighted by Gasteiger charge is -2.47. The van der Waals surface area contributed by atoms with Gasteiger partial charge in [0.1, 0.15) is 11.6 Å². The van der Waals surface area contributed by atoms with E-state index in [2.05, 4.69) is 0 Å². The van der Waals surface area contributed by atoms with Gasteiger partial charge in [0, 0.05) is 6.42 Å². The highest BCUT2D eigenvalue weighted by atomic mass is 16.5. The number of methoxy groups -OCH3 is 1. The van der Waals surface area contributed by atoms with Crippen LogP contribution in [0.1, 0.15) is 29.5 Å². The smallest absolute Gasteiger partial charge is 0.411 e. The van der Waals surface area contributed by atoms with Crippen molar-refractivity contribution >= 4 is 18.0 Å². The Kier molecular flexibility index (Phi) is 7.46. The Morgan fingerprint density at radius 3 is 1.55 bits per heavy atom. The van der Waals surface area contributed by atoms with Gasteiger partial charge in [0.05, 0.1) is 7.11 Å². The van der Waals surface area contributed by atoms with Crippen molar-refractivity contribution in [3.63, 3.8) is 0 Å². The number of primary amides is 1. The molecule has 3 rings (SSSR count). The van der Waals surface area contributed by atoms with Crippen LogP contribution in [0, 0.1) is 0 Å². The zero-order chi connectivity index (χ0) is 23.8. The van der Waals surface area contributed by atoms with Crippen LogP contribution in [0.4, 0.5) is 4.79 Å². The van der Waals surface area contributed by atoms with Crippen LogP contribution in [0.2, 0.25) is 0 Å². The molecule has 0 bridgehead atoms. The first-order valence-electron chi connectivity index (χ1n) is 10.5. The second-order valence-corrected chi connectivity index (χ2v) is 7.51. The molecule has 0 spiro atoms. The standard InChI is InChI=1S/C26H26N2O5/c1-33-25(32)28(22(24(30)31)17-18-23(27)29)26(19-11-5-2-6-12-19,20-13-7-3-8-14-20)21-15-9-4-10-16-21/h2-16,22H,17-18H2,1H3,(H2,27,29)(H,30,31)/t22-/m0/s1. The molecule has 170 valence electrons. The van der Waals surface area contributed by atoms with Crippen molar-refractivity contribution in [2.45, 2.75) is 24.4 Å².